The van der Waals surface area contributed by atoms with Crippen molar-refractivity contribution in [3.05, 3.63) is 89.0 Å². The number of likely N-dealkylation sites (tertiary alicyclic amines) is 1. The average Bonchev–Trinajstić information content (AvgIpc) is 2.96. The minimum atomic E-state index is -0.322. The van der Waals surface area contributed by atoms with E-state index in [1.54, 1.807) is 13.2 Å². The molecule has 0 aromatic heterocycles. The molecular formula is C30H33N5O3. The molecule has 196 valence electrons. The maximum atomic E-state index is 13.2. The van der Waals surface area contributed by atoms with Gasteiger partial charge in [-0.1, -0.05) is 18.2 Å². The highest BCUT2D eigenvalue weighted by atomic mass is 16.5. The lowest BCUT2D eigenvalue weighted by atomic mass is 9.89. The molecule has 38 heavy (non-hydrogen) atoms. The first-order chi connectivity index (χ1) is 18.5. The average molecular weight is 512 g/mol. The Balaban J connectivity index is 1.26. The van der Waals surface area contributed by atoms with Gasteiger partial charge >= 0.3 is 6.03 Å². The van der Waals surface area contributed by atoms with Gasteiger partial charge in [-0.2, -0.15) is 5.26 Å². The largest absolute Gasteiger partial charge is 0.497 e. The van der Waals surface area contributed by atoms with Crippen LogP contribution in [0.25, 0.3) is 0 Å². The van der Waals surface area contributed by atoms with Gasteiger partial charge in [-0.3, -0.25) is 4.79 Å². The number of nitriles is 1. The molecule has 0 spiro atoms. The monoisotopic (exact) mass is 511 g/mol. The van der Waals surface area contributed by atoms with Gasteiger partial charge in [0.1, 0.15) is 5.75 Å². The lowest BCUT2D eigenvalue weighted by molar-refractivity contribution is 0.0713. The van der Waals surface area contributed by atoms with Crippen LogP contribution in [0.2, 0.25) is 0 Å². The number of hydrogen-bond donors (Lipinski definition) is 3. The molecule has 1 heterocycles. The summed E-state index contributed by atoms with van der Waals surface area (Å²) < 4.78 is 5.15. The zero-order valence-electron chi connectivity index (χ0n) is 21.8. The van der Waals surface area contributed by atoms with Crippen LogP contribution in [-0.4, -0.2) is 50.1 Å². The van der Waals surface area contributed by atoms with E-state index in [9.17, 15) is 9.59 Å². The fourth-order valence-electron chi connectivity index (χ4n) is 4.58. The van der Waals surface area contributed by atoms with Crippen molar-refractivity contribution in [3.8, 4) is 11.8 Å². The molecule has 8 heteroatoms. The van der Waals surface area contributed by atoms with E-state index in [2.05, 4.69) is 22.0 Å². The maximum Gasteiger partial charge on any atom is 0.319 e. The van der Waals surface area contributed by atoms with E-state index < -0.39 is 0 Å². The van der Waals surface area contributed by atoms with E-state index in [1.165, 1.54) is 5.56 Å². The molecule has 0 aliphatic carbocycles. The molecule has 1 aliphatic heterocycles. The minimum absolute atomic E-state index is 0.0320. The first kappa shape index (κ1) is 26.6. The molecule has 1 aliphatic rings. The molecule has 1 saturated heterocycles. The molecule has 3 N–H and O–H groups in total. The summed E-state index contributed by atoms with van der Waals surface area (Å²) in [7, 11) is 1.63. The third kappa shape index (κ3) is 6.83. The van der Waals surface area contributed by atoms with Gasteiger partial charge in [0.15, 0.2) is 0 Å². The smallest absolute Gasteiger partial charge is 0.319 e. The summed E-state index contributed by atoms with van der Waals surface area (Å²) >= 11 is 0. The van der Waals surface area contributed by atoms with Crippen molar-refractivity contribution in [2.45, 2.75) is 25.7 Å². The number of aryl methyl sites for hydroxylation is 1. The first-order valence-electron chi connectivity index (χ1n) is 12.8. The van der Waals surface area contributed by atoms with E-state index in [1.807, 2.05) is 72.5 Å². The third-order valence-electron chi connectivity index (χ3n) is 6.86. The van der Waals surface area contributed by atoms with Crippen LogP contribution in [0.1, 0.15) is 45.8 Å². The number of benzene rings is 3. The molecule has 0 bridgehead atoms. The number of nitrogens with one attached hydrogen (secondary N) is 3. The summed E-state index contributed by atoms with van der Waals surface area (Å²) in [5, 5.41) is 18.0. The van der Waals surface area contributed by atoms with Crippen molar-refractivity contribution < 1.29 is 14.3 Å². The standard InChI is InChI=1S/C30H33N5O3/c1-21-3-6-25(29(36)35-17-13-24(14-18-35)23-7-4-22(20-31)5-8-23)19-28(21)34-30(37)33-16-15-32-26-9-11-27(38-2)12-10-26/h3-12,19,24,32H,13-18H2,1-2H3,(H2,33,34,37). The van der Waals surface area contributed by atoms with E-state index in [0.29, 0.717) is 48.9 Å². The predicted octanol–water partition coefficient (Wildman–Crippen LogP) is 5.13. The van der Waals surface area contributed by atoms with Crippen LogP contribution >= 0.6 is 0 Å². The van der Waals surface area contributed by atoms with E-state index in [-0.39, 0.29) is 11.9 Å². The van der Waals surface area contributed by atoms with Crippen LogP contribution in [0.5, 0.6) is 5.75 Å². The van der Waals surface area contributed by atoms with Gasteiger partial charge in [-0.15, -0.1) is 0 Å². The topological polar surface area (TPSA) is 106 Å². The Hall–Kier alpha value is -4.51. The minimum Gasteiger partial charge on any atom is -0.497 e. The number of methoxy groups -OCH3 is 1. The normalized spacial score (nSPS) is 13.3. The van der Waals surface area contributed by atoms with Crippen LogP contribution in [0.3, 0.4) is 0 Å². The SMILES string of the molecule is COc1ccc(NCCNC(=O)Nc2cc(C(=O)N3CCC(c4ccc(C#N)cc4)CC3)ccc2C)cc1. The quantitative estimate of drug-likeness (QED) is 0.364. The molecule has 0 saturated carbocycles. The molecule has 0 unspecified atom stereocenters. The number of nitrogens with zero attached hydrogens (tertiary/aromatic N) is 2. The molecule has 3 aromatic carbocycles. The van der Waals surface area contributed by atoms with Crippen molar-refractivity contribution in [3.63, 3.8) is 0 Å². The summed E-state index contributed by atoms with van der Waals surface area (Å²) in [5.74, 6) is 1.14. The van der Waals surface area contributed by atoms with Crippen molar-refractivity contribution in [2.24, 2.45) is 0 Å². The van der Waals surface area contributed by atoms with Crippen molar-refractivity contribution in [2.75, 3.05) is 43.9 Å². The second-order valence-corrected chi connectivity index (χ2v) is 9.37. The fourth-order valence-corrected chi connectivity index (χ4v) is 4.58. The molecule has 0 radical (unpaired) electrons. The second kappa shape index (κ2) is 12.6. The number of urea groups is 1. The van der Waals surface area contributed by atoms with Gasteiger partial charge in [-0.25, -0.2) is 4.79 Å². The van der Waals surface area contributed by atoms with Gasteiger partial charge in [0.25, 0.3) is 5.91 Å². The molecule has 3 amide bonds. The lowest BCUT2D eigenvalue weighted by Gasteiger charge is -2.32. The summed E-state index contributed by atoms with van der Waals surface area (Å²) in [5.41, 5.74) is 4.86. The predicted molar refractivity (Wildman–Crippen MR) is 149 cm³/mol. The number of rotatable bonds is 8. The molecular weight excluding hydrogens is 478 g/mol. The van der Waals surface area contributed by atoms with E-state index in [4.69, 9.17) is 10.00 Å². The van der Waals surface area contributed by atoms with Crippen LogP contribution in [0, 0.1) is 18.3 Å². The Labute approximate surface area is 223 Å². The Morgan fingerprint density at radius 1 is 1.00 bits per heavy atom. The van der Waals surface area contributed by atoms with Gasteiger partial charge < -0.3 is 25.6 Å². The Bertz CT molecular complexity index is 1290. The molecule has 3 aromatic rings. The number of hydrogen-bond acceptors (Lipinski definition) is 5. The molecule has 1 fully saturated rings. The number of amides is 3. The Morgan fingerprint density at radius 3 is 2.37 bits per heavy atom. The second-order valence-electron chi connectivity index (χ2n) is 9.37. The molecule has 0 atom stereocenters. The van der Waals surface area contributed by atoms with Crippen LogP contribution in [0.15, 0.2) is 66.7 Å². The third-order valence-corrected chi connectivity index (χ3v) is 6.86. The zero-order valence-corrected chi connectivity index (χ0v) is 21.8. The fraction of sp³-hybridized carbons (Fsp3) is 0.300. The Kier molecular flexibility index (Phi) is 8.83. The van der Waals surface area contributed by atoms with Crippen molar-refractivity contribution >= 4 is 23.3 Å². The van der Waals surface area contributed by atoms with Crippen molar-refractivity contribution in [1.82, 2.24) is 10.2 Å². The Morgan fingerprint density at radius 2 is 1.71 bits per heavy atom. The van der Waals surface area contributed by atoms with Gasteiger partial charge in [0, 0.05) is 43.1 Å². The first-order valence-corrected chi connectivity index (χ1v) is 12.8. The number of ether oxygens (including phenoxy) is 1. The summed E-state index contributed by atoms with van der Waals surface area (Å²) in [4.78, 5) is 27.6. The van der Waals surface area contributed by atoms with Gasteiger partial charge in [-0.05, 0) is 85.3 Å². The van der Waals surface area contributed by atoms with Gasteiger partial charge in [0.2, 0.25) is 0 Å². The number of anilines is 2. The maximum absolute atomic E-state index is 13.2. The highest BCUT2D eigenvalue weighted by Crippen LogP contribution is 2.29. The van der Waals surface area contributed by atoms with Gasteiger partial charge in [0.05, 0.1) is 18.7 Å². The van der Waals surface area contributed by atoms with Crippen LogP contribution in [-0.2, 0) is 0 Å². The highest BCUT2D eigenvalue weighted by molar-refractivity contribution is 5.97. The zero-order chi connectivity index (χ0) is 26.9. The summed E-state index contributed by atoms with van der Waals surface area (Å²) in [6.07, 6.45) is 1.75. The number of piperidine rings is 1. The lowest BCUT2D eigenvalue weighted by Crippen LogP contribution is -2.38. The van der Waals surface area contributed by atoms with Crippen molar-refractivity contribution in [1.29, 1.82) is 5.26 Å². The number of carbonyl (C=O) groups is 2. The van der Waals surface area contributed by atoms with Crippen LogP contribution < -0.4 is 20.7 Å². The van der Waals surface area contributed by atoms with E-state index in [0.717, 1.165) is 29.8 Å². The summed E-state index contributed by atoms with van der Waals surface area (Å²) in [6.45, 7) is 4.24. The molecule has 4 rings (SSSR count). The van der Waals surface area contributed by atoms with Crippen LogP contribution in [0.4, 0.5) is 16.2 Å². The molecule has 8 nitrogen and oxygen atoms in total. The van der Waals surface area contributed by atoms with E-state index >= 15 is 0 Å². The highest BCUT2D eigenvalue weighted by Gasteiger charge is 2.25. The summed E-state index contributed by atoms with van der Waals surface area (Å²) in [6, 6.07) is 22.5. The number of carbonyl (C=O) groups excluding carboxylic acids is 2.